The third kappa shape index (κ3) is 7.27. The molecule has 1 aliphatic heterocycles. The number of nitrogens with zero attached hydrogens (tertiary/aromatic N) is 5. The Morgan fingerprint density at radius 3 is 2.50 bits per heavy atom. The third-order valence-corrected chi connectivity index (χ3v) is 7.37. The molecule has 0 spiro atoms. The van der Waals surface area contributed by atoms with Crippen LogP contribution in [-0.4, -0.2) is 58.5 Å². The van der Waals surface area contributed by atoms with Crippen LogP contribution < -0.4 is 10.2 Å². The van der Waals surface area contributed by atoms with Crippen LogP contribution in [0.1, 0.15) is 47.6 Å². The molecule has 2 aromatic heterocycles. The summed E-state index contributed by atoms with van der Waals surface area (Å²) in [5.74, 6) is 1.41. The van der Waals surface area contributed by atoms with Crippen LogP contribution in [-0.2, 0) is 17.8 Å². The molecule has 3 heterocycles. The highest BCUT2D eigenvalue weighted by atomic mass is 35.5. The number of anilines is 1. The topological polar surface area (TPSA) is 74.2 Å². The summed E-state index contributed by atoms with van der Waals surface area (Å²) >= 11 is 6.12. The third-order valence-electron chi connectivity index (χ3n) is 7.11. The van der Waals surface area contributed by atoms with Crippen molar-refractivity contribution < 1.29 is 4.79 Å². The lowest BCUT2D eigenvalue weighted by Gasteiger charge is -2.38. The van der Waals surface area contributed by atoms with Crippen LogP contribution in [0.25, 0.3) is 0 Å². The van der Waals surface area contributed by atoms with Gasteiger partial charge in [-0.1, -0.05) is 36.7 Å². The van der Waals surface area contributed by atoms with Gasteiger partial charge in [0.2, 0.25) is 5.91 Å². The molecule has 2 aliphatic rings. The zero-order chi connectivity index (χ0) is 24.2. The van der Waals surface area contributed by atoms with Gasteiger partial charge < -0.3 is 15.1 Å². The number of hydrogen-bond donors (Lipinski definition) is 1. The SMILES string of the molecule is CC1CCc2ncnc(N3CCN(C(=O)C(CNCc4cccnc4)c4ccc(Cl)cc4)CC3)c21.Cl.Cl.Cl. The van der Waals surface area contributed by atoms with E-state index in [9.17, 15) is 4.79 Å². The van der Waals surface area contributed by atoms with Gasteiger partial charge in [0.1, 0.15) is 12.1 Å². The summed E-state index contributed by atoms with van der Waals surface area (Å²) < 4.78 is 0. The monoisotopic (exact) mass is 598 g/mol. The molecular weight excluding hydrogens is 566 g/mol. The molecular formula is C27H34Cl4N6O. The van der Waals surface area contributed by atoms with Gasteiger partial charge in [-0.3, -0.25) is 9.78 Å². The van der Waals surface area contributed by atoms with Gasteiger partial charge in [-0.15, -0.1) is 37.2 Å². The fourth-order valence-electron chi connectivity index (χ4n) is 5.14. The molecule has 0 bridgehead atoms. The number of benzene rings is 1. The Hall–Kier alpha value is -2.16. The van der Waals surface area contributed by atoms with Gasteiger partial charge in [-0.2, -0.15) is 0 Å². The first kappa shape index (κ1) is 32.1. The number of piperazine rings is 1. The highest BCUT2D eigenvalue weighted by Crippen LogP contribution is 2.37. The summed E-state index contributed by atoms with van der Waals surface area (Å²) in [6, 6.07) is 11.6. The second kappa shape index (κ2) is 14.8. The lowest BCUT2D eigenvalue weighted by Crippen LogP contribution is -2.51. The van der Waals surface area contributed by atoms with E-state index in [0.717, 1.165) is 42.9 Å². The minimum Gasteiger partial charge on any atom is -0.353 e. The Morgan fingerprint density at radius 2 is 1.82 bits per heavy atom. The molecule has 2 atom stereocenters. The van der Waals surface area contributed by atoms with Crippen molar-refractivity contribution in [3.63, 3.8) is 0 Å². The maximum atomic E-state index is 13.7. The lowest BCUT2D eigenvalue weighted by atomic mass is 9.96. The number of fused-ring (bicyclic) bond motifs is 1. The number of pyridine rings is 1. The maximum absolute atomic E-state index is 13.7. The van der Waals surface area contributed by atoms with Gasteiger partial charge in [0, 0.05) is 67.9 Å². The second-order valence-corrected chi connectivity index (χ2v) is 9.84. The molecule has 1 amide bonds. The Balaban J connectivity index is 0.00000169. The molecule has 1 N–H and O–H groups in total. The molecule has 1 aromatic carbocycles. The molecule has 1 saturated heterocycles. The summed E-state index contributed by atoms with van der Waals surface area (Å²) in [6.45, 7) is 6.38. The van der Waals surface area contributed by atoms with Crippen molar-refractivity contribution in [1.29, 1.82) is 0 Å². The molecule has 0 radical (unpaired) electrons. The van der Waals surface area contributed by atoms with Gasteiger partial charge in [0.05, 0.1) is 5.92 Å². The lowest BCUT2D eigenvalue weighted by molar-refractivity contribution is -0.133. The summed E-state index contributed by atoms with van der Waals surface area (Å²) in [5, 5.41) is 4.12. The number of nitrogens with one attached hydrogen (secondary N) is 1. The molecule has 1 aliphatic carbocycles. The molecule has 206 valence electrons. The number of aryl methyl sites for hydroxylation is 1. The van der Waals surface area contributed by atoms with E-state index in [0.29, 0.717) is 37.1 Å². The molecule has 2 unspecified atom stereocenters. The predicted molar refractivity (Wildman–Crippen MR) is 159 cm³/mol. The van der Waals surface area contributed by atoms with E-state index >= 15 is 0 Å². The highest BCUT2D eigenvalue weighted by molar-refractivity contribution is 6.30. The first-order chi connectivity index (χ1) is 17.1. The quantitative estimate of drug-likeness (QED) is 0.409. The van der Waals surface area contributed by atoms with E-state index in [2.05, 4.69) is 32.1 Å². The summed E-state index contributed by atoms with van der Waals surface area (Å²) in [6.07, 6.45) is 7.46. The number of hydrogen-bond acceptors (Lipinski definition) is 6. The first-order valence-corrected chi connectivity index (χ1v) is 12.7. The molecule has 3 aromatic rings. The van der Waals surface area contributed by atoms with Crippen molar-refractivity contribution in [1.82, 2.24) is 25.2 Å². The largest absolute Gasteiger partial charge is 0.353 e. The van der Waals surface area contributed by atoms with Crippen molar-refractivity contribution in [2.24, 2.45) is 0 Å². The molecule has 0 saturated carbocycles. The van der Waals surface area contributed by atoms with E-state index in [1.54, 1.807) is 12.5 Å². The molecule has 5 rings (SSSR count). The standard InChI is InChI=1S/C27H31ClN6O.3ClH/c1-19-4-9-24-25(19)26(32-18-31-24)33-11-13-34(14-12-33)27(35)23(21-5-7-22(28)8-6-21)17-30-16-20-3-2-10-29-15-20;;;/h2-3,5-8,10,15,18-19,23,30H,4,9,11-14,16-17H2,1H3;3*1H. The minimum atomic E-state index is -0.279. The zero-order valence-electron chi connectivity index (χ0n) is 21.3. The molecule has 1 fully saturated rings. The van der Waals surface area contributed by atoms with Gasteiger partial charge in [0.15, 0.2) is 0 Å². The fraction of sp³-hybridized carbons (Fsp3) is 0.407. The average Bonchev–Trinajstić information content (AvgIpc) is 3.29. The van der Waals surface area contributed by atoms with Crippen molar-refractivity contribution in [2.45, 2.75) is 38.1 Å². The molecule has 38 heavy (non-hydrogen) atoms. The highest BCUT2D eigenvalue weighted by Gasteiger charge is 2.32. The Labute approximate surface area is 248 Å². The van der Waals surface area contributed by atoms with Crippen LogP contribution in [0, 0.1) is 0 Å². The maximum Gasteiger partial charge on any atom is 0.231 e. The van der Waals surface area contributed by atoms with E-state index in [-0.39, 0.29) is 49.0 Å². The van der Waals surface area contributed by atoms with Crippen LogP contribution in [0.4, 0.5) is 5.82 Å². The van der Waals surface area contributed by atoms with Crippen molar-refractivity contribution >= 4 is 60.5 Å². The Kier molecular flexibility index (Phi) is 12.5. The normalized spacial score (nSPS) is 16.9. The van der Waals surface area contributed by atoms with E-state index in [1.165, 1.54) is 11.3 Å². The number of rotatable bonds is 7. The number of halogens is 4. The minimum absolute atomic E-state index is 0. The van der Waals surface area contributed by atoms with Crippen molar-refractivity contribution in [3.05, 3.63) is 82.5 Å². The van der Waals surface area contributed by atoms with Crippen molar-refractivity contribution in [3.8, 4) is 0 Å². The Morgan fingerprint density at radius 1 is 1.08 bits per heavy atom. The zero-order valence-corrected chi connectivity index (χ0v) is 24.5. The predicted octanol–water partition coefficient (Wildman–Crippen LogP) is 5.06. The van der Waals surface area contributed by atoms with E-state index in [4.69, 9.17) is 11.6 Å². The Bertz CT molecular complexity index is 1160. The number of aromatic nitrogens is 3. The molecule has 11 heteroatoms. The first-order valence-electron chi connectivity index (χ1n) is 12.3. The van der Waals surface area contributed by atoms with Crippen molar-refractivity contribution in [2.75, 3.05) is 37.6 Å². The van der Waals surface area contributed by atoms with E-state index < -0.39 is 0 Å². The van der Waals surface area contributed by atoms with Gasteiger partial charge in [-0.25, -0.2) is 9.97 Å². The fourth-order valence-corrected chi connectivity index (χ4v) is 5.27. The van der Waals surface area contributed by atoms with Crippen LogP contribution in [0.5, 0.6) is 0 Å². The van der Waals surface area contributed by atoms with Gasteiger partial charge >= 0.3 is 0 Å². The summed E-state index contributed by atoms with van der Waals surface area (Å²) in [7, 11) is 0. The van der Waals surface area contributed by atoms with Crippen LogP contribution in [0.3, 0.4) is 0 Å². The average molecular weight is 600 g/mol. The number of amides is 1. The summed E-state index contributed by atoms with van der Waals surface area (Å²) in [5.41, 5.74) is 4.55. The van der Waals surface area contributed by atoms with Crippen LogP contribution in [0.15, 0.2) is 55.1 Å². The number of carbonyl (C=O) groups excluding carboxylic acids is 1. The number of carbonyl (C=O) groups is 1. The van der Waals surface area contributed by atoms with Crippen LogP contribution in [0.2, 0.25) is 5.02 Å². The molecule has 7 nitrogen and oxygen atoms in total. The smallest absolute Gasteiger partial charge is 0.231 e. The van der Waals surface area contributed by atoms with Gasteiger partial charge in [0.25, 0.3) is 0 Å². The van der Waals surface area contributed by atoms with E-state index in [1.807, 2.05) is 47.5 Å². The van der Waals surface area contributed by atoms with Crippen LogP contribution >= 0.6 is 48.8 Å². The van der Waals surface area contributed by atoms with Gasteiger partial charge in [-0.05, 0) is 48.1 Å². The summed E-state index contributed by atoms with van der Waals surface area (Å²) in [4.78, 5) is 31.3. The second-order valence-electron chi connectivity index (χ2n) is 9.41.